The van der Waals surface area contributed by atoms with Crippen molar-refractivity contribution in [2.24, 2.45) is 0 Å². The van der Waals surface area contributed by atoms with E-state index in [2.05, 4.69) is 43.4 Å². The molecule has 0 radical (unpaired) electrons. The smallest absolute Gasteiger partial charge is 0.0691 e. The summed E-state index contributed by atoms with van der Waals surface area (Å²) in [6.45, 7) is 7.91. The summed E-state index contributed by atoms with van der Waals surface area (Å²) in [7, 11) is -0.883. The summed E-state index contributed by atoms with van der Waals surface area (Å²) in [5, 5.41) is 3.83. The lowest BCUT2D eigenvalue weighted by molar-refractivity contribution is 0.126. The molecule has 118 valence electrons. The molecule has 0 saturated carbocycles. The second kappa shape index (κ2) is 8.06. The zero-order valence-electron chi connectivity index (χ0n) is 13.2. The van der Waals surface area contributed by atoms with Crippen LogP contribution < -0.4 is 5.32 Å². The monoisotopic (exact) mass is 309 g/mol. The van der Waals surface area contributed by atoms with E-state index in [0.717, 1.165) is 26.0 Å². The molecule has 1 fully saturated rings. The number of nitrogens with one attached hydrogen (secondary N) is 1. The number of hydrogen-bond acceptors (Lipinski definition) is 3. The summed E-state index contributed by atoms with van der Waals surface area (Å²) in [4.78, 5) is 0. The minimum Gasteiger partial charge on any atom is -0.377 e. The lowest BCUT2D eigenvalue weighted by Crippen LogP contribution is -2.39. The Morgan fingerprint density at radius 1 is 1.33 bits per heavy atom. The third kappa shape index (κ3) is 3.93. The molecule has 0 aliphatic carbocycles. The van der Waals surface area contributed by atoms with Crippen LogP contribution in [0.5, 0.6) is 0 Å². The average molecular weight is 309 g/mol. The first-order valence-corrected chi connectivity index (χ1v) is 9.25. The molecule has 0 aromatic heterocycles. The van der Waals surface area contributed by atoms with E-state index in [1.165, 1.54) is 5.56 Å². The highest BCUT2D eigenvalue weighted by Crippen LogP contribution is 2.29. The maximum atomic E-state index is 13.1. The van der Waals surface area contributed by atoms with Crippen LogP contribution in [0, 0.1) is 0 Å². The molecule has 1 aliphatic rings. The van der Waals surface area contributed by atoms with Crippen LogP contribution in [0.2, 0.25) is 0 Å². The summed E-state index contributed by atoms with van der Waals surface area (Å²) >= 11 is 0. The zero-order valence-corrected chi connectivity index (χ0v) is 14.1. The quantitative estimate of drug-likeness (QED) is 0.841. The van der Waals surface area contributed by atoms with Crippen LogP contribution in [0.4, 0.5) is 0 Å². The maximum absolute atomic E-state index is 13.1. The summed E-state index contributed by atoms with van der Waals surface area (Å²) in [5.74, 6) is 0. The van der Waals surface area contributed by atoms with Crippen LogP contribution >= 0.6 is 0 Å². The topological polar surface area (TPSA) is 38.3 Å². The molecule has 1 aromatic rings. The Bertz CT molecular complexity index is 451. The predicted octanol–water partition coefficient (Wildman–Crippen LogP) is 3.04. The first-order chi connectivity index (χ1) is 10.2. The Labute approximate surface area is 130 Å². The first-order valence-electron chi connectivity index (χ1n) is 7.98. The van der Waals surface area contributed by atoms with Gasteiger partial charge < -0.3 is 10.1 Å². The molecule has 5 atom stereocenters. The highest BCUT2D eigenvalue weighted by molar-refractivity contribution is 7.86. The molecular weight excluding hydrogens is 282 g/mol. The Morgan fingerprint density at radius 2 is 2.05 bits per heavy atom. The van der Waals surface area contributed by atoms with Crippen molar-refractivity contribution in [3.63, 3.8) is 0 Å². The highest BCUT2D eigenvalue weighted by atomic mass is 32.2. The summed E-state index contributed by atoms with van der Waals surface area (Å²) in [6, 6.07) is 10.5. The van der Waals surface area contributed by atoms with Gasteiger partial charge in [0.2, 0.25) is 0 Å². The van der Waals surface area contributed by atoms with Crippen molar-refractivity contribution in [1.82, 2.24) is 5.32 Å². The van der Waals surface area contributed by atoms with Gasteiger partial charge in [0.15, 0.2) is 0 Å². The van der Waals surface area contributed by atoms with E-state index in [1.54, 1.807) is 0 Å². The number of benzene rings is 1. The van der Waals surface area contributed by atoms with E-state index in [-0.39, 0.29) is 22.6 Å². The van der Waals surface area contributed by atoms with Gasteiger partial charge in [-0.3, -0.25) is 4.21 Å². The SMILES string of the molecule is CCNC(c1ccccc1)C(CC)S(=O)C1CCOC1C. The van der Waals surface area contributed by atoms with Crippen LogP contribution in [-0.4, -0.2) is 34.0 Å². The van der Waals surface area contributed by atoms with Crippen molar-refractivity contribution in [2.75, 3.05) is 13.2 Å². The predicted molar refractivity (Wildman–Crippen MR) is 88.9 cm³/mol. The van der Waals surface area contributed by atoms with Gasteiger partial charge in [-0.25, -0.2) is 0 Å². The fourth-order valence-electron chi connectivity index (χ4n) is 3.12. The first kappa shape index (κ1) is 16.7. The van der Waals surface area contributed by atoms with Gasteiger partial charge in [0, 0.05) is 23.4 Å². The van der Waals surface area contributed by atoms with Crippen molar-refractivity contribution in [3.8, 4) is 0 Å². The standard InChI is InChI=1S/C17H27NO2S/c1-4-15(21(19)16-11-12-20-13(16)3)17(18-5-2)14-9-7-6-8-10-14/h6-10,13,15-18H,4-5,11-12H2,1-3H3. The van der Waals surface area contributed by atoms with Gasteiger partial charge >= 0.3 is 0 Å². The zero-order chi connectivity index (χ0) is 15.2. The molecule has 4 heteroatoms. The molecule has 0 spiro atoms. The number of ether oxygens (including phenoxy) is 1. The second-order valence-corrected chi connectivity index (χ2v) is 7.49. The Morgan fingerprint density at radius 3 is 2.57 bits per heavy atom. The van der Waals surface area contributed by atoms with E-state index < -0.39 is 10.8 Å². The molecular formula is C17H27NO2S. The van der Waals surface area contributed by atoms with Crippen LogP contribution in [0.3, 0.4) is 0 Å². The van der Waals surface area contributed by atoms with E-state index in [9.17, 15) is 4.21 Å². The van der Waals surface area contributed by atoms with E-state index in [0.29, 0.717) is 0 Å². The third-order valence-corrected chi connectivity index (χ3v) is 6.68. The largest absolute Gasteiger partial charge is 0.377 e. The van der Waals surface area contributed by atoms with Crippen molar-refractivity contribution in [3.05, 3.63) is 35.9 Å². The van der Waals surface area contributed by atoms with Crippen molar-refractivity contribution in [2.45, 2.75) is 56.3 Å². The third-order valence-electron chi connectivity index (χ3n) is 4.26. The van der Waals surface area contributed by atoms with Gasteiger partial charge in [-0.2, -0.15) is 0 Å². The molecule has 0 bridgehead atoms. The minimum absolute atomic E-state index is 0.109. The van der Waals surface area contributed by atoms with Crippen LogP contribution in [-0.2, 0) is 15.5 Å². The van der Waals surface area contributed by atoms with E-state index in [1.807, 2.05) is 13.0 Å². The lowest BCUT2D eigenvalue weighted by Gasteiger charge is -2.29. The molecule has 1 saturated heterocycles. The maximum Gasteiger partial charge on any atom is 0.0691 e. The molecule has 1 aromatic carbocycles. The van der Waals surface area contributed by atoms with E-state index in [4.69, 9.17) is 4.74 Å². The fourth-order valence-corrected chi connectivity index (χ4v) is 5.20. The van der Waals surface area contributed by atoms with Crippen molar-refractivity contribution < 1.29 is 8.95 Å². The van der Waals surface area contributed by atoms with Crippen LogP contribution in [0.25, 0.3) is 0 Å². The molecule has 1 aliphatic heterocycles. The summed E-state index contributed by atoms with van der Waals surface area (Å²) < 4.78 is 18.7. The van der Waals surface area contributed by atoms with Gasteiger partial charge in [-0.1, -0.05) is 44.2 Å². The molecule has 1 heterocycles. The highest BCUT2D eigenvalue weighted by Gasteiger charge is 2.36. The Hall–Kier alpha value is -0.710. The van der Waals surface area contributed by atoms with Gasteiger partial charge in [0.25, 0.3) is 0 Å². The van der Waals surface area contributed by atoms with Crippen molar-refractivity contribution >= 4 is 10.8 Å². The minimum atomic E-state index is -0.883. The van der Waals surface area contributed by atoms with Gasteiger partial charge in [0.05, 0.1) is 16.6 Å². The lowest BCUT2D eigenvalue weighted by atomic mass is 10.0. The molecule has 3 nitrogen and oxygen atoms in total. The van der Waals surface area contributed by atoms with Gasteiger partial charge in [-0.05, 0) is 31.9 Å². The molecule has 1 N–H and O–H groups in total. The average Bonchev–Trinajstić information content (AvgIpc) is 2.94. The van der Waals surface area contributed by atoms with E-state index >= 15 is 0 Å². The van der Waals surface area contributed by atoms with Gasteiger partial charge in [0.1, 0.15) is 0 Å². The number of hydrogen-bond donors (Lipinski definition) is 1. The molecule has 0 amide bonds. The second-order valence-electron chi connectivity index (χ2n) is 5.62. The van der Waals surface area contributed by atoms with Gasteiger partial charge in [-0.15, -0.1) is 0 Å². The summed E-state index contributed by atoms with van der Waals surface area (Å²) in [6.07, 6.45) is 1.93. The van der Waals surface area contributed by atoms with Crippen LogP contribution in [0.15, 0.2) is 30.3 Å². The fraction of sp³-hybridized carbons (Fsp3) is 0.647. The Balaban J connectivity index is 2.21. The molecule has 2 rings (SSSR count). The Kier molecular flexibility index (Phi) is 6.40. The normalized spacial score (nSPS) is 26.4. The summed E-state index contributed by atoms with van der Waals surface area (Å²) in [5.41, 5.74) is 1.23. The molecule has 21 heavy (non-hydrogen) atoms. The van der Waals surface area contributed by atoms with Crippen LogP contribution in [0.1, 0.15) is 45.2 Å². The number of rotatable bonds is 7. The molecule has 5 unspecified atom stereocenters. The van der Waals surface area contributed by atoms with Crippen molar-refractivity contribution in [1.29, 1.82) is 0 Å².